The maximum Gasteiger partial charge on any atom is 0.0649 e. The molecule has 0 N–H and O–H groups in total. The highest BCUT2D eigenvalue weighted by atomic mass is 15.1. The van der Waals surface area contributed by atoms with Crippen molar-refractivity contribution < 1.29 is 0 Å². The summed E-state index contributed by atoms with van der Waals surface area (Å²) in [5.74, 6) is 0.190. The molecule has 72 valence electrons. The van der Waals surface area contributed by atoms with Gasteiger partial charge < -0.3 is 4.90 Å². The Balaban J connectivity index is 0. The molecule has 0 heterocycles. The summed E-state index contributed by atoms with van der Waals surface area (Å²) in [5, 5.41) is 7.89. The molecule has 0 unspecified atom stereocenters. The molecule has 0 atom stereocenters. The highest BCUT2D eigenvalue weighted by Crippen LogP contribution is 1.82. The maximum absolute atomic E-state index is 7.89. The van der Waals surface area contributed by atoms with Gasteiger partial charge in [0, 0.05) is 5.92 Å². The van der Waals surface area contributed by atoms with Crippen LogP contribution in [-0.2, 0) is 0 Å². The molecule has 0 aliphatic rings. The van der Waals surface area contributed by atoms with Crippen LogP contribution in [-0.4, -0.2) is 24.5 Å². The van der Waals surface area contributed by atoms with Gasteiger partial charge in [0.15, 0.2) is 0 Å². The Kier molecular flexibility index (Phi) is 12.2. The summed E-state index contributed by atoms with van der Waals surface area (Å²) in [6.07, 6.45) is 0. The Bertz CT molecular complexity index is 104. The van der Waals surface area contributed by atoms with Gasteiger partial charge in [0.25, 0.3) is 0 Å². The van der Waals surface area contributed by atoms with Gasteiger partial charge in [-0.3, -0.25) is 0 Å². The second-order valence-electron chi connectivity index (χ2n) is 2.90. The Morgan fingerprint density at radius 2 is 1.33 bits per heavy atom. The largest absolute Gasteiger partial charge is 0.304 e. The Labute approximate surface area is 77.2 Å². The third-order valence-corrected chi connectivity index (χ3v) is 1.60. The lowest BCUT2D eigenvalue weighted by Crippen LogP contribution is -2.21. The van der Waals surface area contributed by atoms with Crippen molar-refractivity contribution in [3.63, 3.8) is 0 Å². The molecule has 0 aromatic heterocycles. The highest BCUT2D eigenvalue weighted by molar-refractivity contribution is 4.72. The fraction of sp³-hybridized carbons (Fsp3) is 0.900. The van der Waals surface area contributed by atoms with Crippen molar-refractivity contribution in [3.8, 4) is 6.07 Å². The first-order valence-electron chi connectivity index (χ1n) is 4.74. The van der Waals surface area contributed by atoms with E-state index in [4.69, 9.17) is 5.26 Å². The fourth-order valence-electron chi connectivity index (χ4n) is 0.671. The molecule has 0 spiro atoms. The topological polar surface area (TPSA) is 27.0 Å². The van der Waals surface area contributed by atoms with Gasteiger partial charge in [0.05, 0.1) is 6.07 Å². The van der Waals surface area contributed by atoms with Crippen LogP contribution in [0.4, 0.5) is 0 Å². The second-order valence-corrected chi connectivity index (χ2v) is 2.90. The van der Waals surface area contributed by atoms with Crippen molar-refractivity contribution in [1.82, 2.24) is 4.90 Å². The van der Waals surface area contributed by atoms with Gasteiger partial charge in [0.1, 0.15) is 0 Å². The molecule has 0 saturated carbocycles. The molecule has 0 saturated heterocycles. The zero-order valence-corrected chi connectivity index (χ0v) is 9.09. The van der Waals surface area contributed by atoms with E-state index in [9.17, 15) is 0 Å². The summed E-state index contributed by atoms with van der Waals surface area (Å²) < 4.78 is 0. The second kappa shape index (κ2) is 10.4. The van der Waals surface area contributed by atoms with Gasteiger partial charge >= 0.3 is 0 Å². The van der Waals surface area contributed by atoms with E-state index in [1.807, 2.05) is 19.9 Å². The minimum absolute atomic E-state index is 0.190. The molecule has 0 fully saturated rings. The van der Waals surface area contributed by atoms with E-state index in [1.165, 1.54) is 19.6 Å². The summed E-state index contributed by atoms with van der Waals surface area (Å²) >= 11 is 0. The molecule has 2 heteroatoms. The van der Waals surface area contributed by atoms with Crippen LogP contribution in [0.2, 0.25) is 0 Å². The van der Waals surface area contributed by atoms with Gasteiger partial charge in [-0.2, -0.15) is 5.26 Å². The predicted molar refractivity (Wildman–Crippen MR) is 53.9 cm³/mol. The minimum Gasteiger partial charge on any atom is -0.304 e. The highest BCUT2D eigenvalue weighted by Gasteiger charge is 1.89. The van der Waals surface area contributed by atoms with E-state index in [1.54, 1.807) is 0 Å². The number of hydrogen-bond donors (Lipinski definition) is 0. The Hall–Kier alpha value is -0.550. The third kappa shape index (κ3) is 12.2. The lowest BCUT2D eigenvalue weighted by molar-refractivity contribution is 0.321. The summed E-state index contributed by atoms with van der Waals surface area (Å²) in [7, 11) is 0. The predicted octanol–water partition coefficient (Wildman–Crippen LogP) is 2.51. The molecule has 0 aromatic rings. The van der Waals surface area contributed by atoms with Crippen LogP contribution in [0.1, 0.15) is 34.6 Å². The van der Waals surface area contributed by atoms with E-state index in [2.05, 4.69) is 25.7 Å². The third-order valence-electron chi connectivity index (χ3n) is 1.60. The quantitative estimate of drug-likeness (QED) is 0.650. The number of nitriles is 1. The summed E-state index contributed by atoms with van der Waals surface area (Å²) in [5.41, 5.74) is 0. The van der Waals surface area contributed by atoms with Crippen molar-refractivity contribution in [1.29, 1.82) is 5.26 Å². The minimum atomic E-state index is 0.190. The number of nitrogens with zero attached hydrogens (tertiary/aromatic N) is 2. The zero-order valence-electron chi connectivity index (χ0n) is 9.09. The van der Waals surface area contributed by atoms with E-state index < -0.39 is 0 Å². The fourth-order valence-corrected chi connectivity index (χ4v) is 0.671. The monoisotopic (exact) mass is 170 g/mol. The van der Waals surface area contributed by atoms with E-state index >= 15 is 0 Å². The molecule has 0 rings (SSSR count). The molecule has 0 aliphatic carbocycles. The molecule has 0 aromatic carbocycles. The van der Waals surface area contributed by atoms with Gasteiger partial charge in [-0.25, -0.2) is 0 Å². The maximum atomic E-state index is 7.89. The SMILES string of the molecule is CC(C)C#N.CCN(CC)CC. The average Bonchev–Trinajstić information content (AvgIpc) is 2.09. The Morgan fingerprint density at radius 1 is 1.08 bits per heavy atom. The molecular formula is C10H22N2. The van der Waals surface area contributed by atoms with Crippen molar-refractivity contribution >= 4 is 0 Å². The van der Waals surface area contributed by atoms with Crippen molar-refractivity contribution in [2.24, 2.45) is 5.92 Å². The smallest absolute Gasteiger partial charge is 0.0649 e. The van der Waals surface area contributed by atoms with Crippen LogP contribution in [0.15, 0.2) is 0 Å². The van der Waals surface area contributed by atoms with Crippen LogP contribution in [0.5, 0.6) is 0 Å². The van der Waals surface area contributed by atoms with Crippen molar-refractivity contribution in [2.75, 3.05) is 19.6 Å². The first-order valence-corrected chi connectivity index (χ1v) is 4.74. The lowest BCUT2D eigenvalue weighted by atomic mass is 10.3. The van der Waals surface area contributed by atoms with Crippen molar-refractivity contribution in [2.45, 2.75) is 34.6 Å². The van der Waals surface area contributed by atoms with Gasteiger partial charge in [-0.1, -0.05) is 20.8 Å². The molecule has 0 bridgehead atoms. The normalized spacial score (nSPS) is 9.17. The van der Waals surface area contributed by atoms with Crippen LogP contribution < -0.4 is 0 Å². The molecular weight excluding hydrogens is 148 g/mol. The lowest BCUT2D eigenvalue weighted by Gasteiger charge is -2.13. The van der Waals surface area contributed by atoms with Crippen LogP contribution >= 0.6 is 0 Å². The average molecular weight is 170 g/mol. The molecule has 0 aliphatic heterocycles. The van der Waals surface area contributed by atoms with E-state index in [0.29, 0.717) is 0 Å². The summed E-state index contributed by atoms with van der Waals surface area (Å²) in [6.45, 7) is 13.8. The first kappa shape index (κ1) is 14.0. The molecule has 0 amide bonds. The molecule has 0 radical (unpaired) electrons. The van der Waals surface area contributed by atoms with Crippen LogP contribution in [0.3, 0.4) is 0 Å². The van der Waals surface area contributed by atoms with Gasteiger partial charge in [-0.15, -0.1) is 0 Å². The summed E-state index contributed by atoms with van der Waals surface area (Å²) in [6, 6.07) is 2.03. The van der Waals surface area contributed by atoms with E-state index in [0.717, 1.165) is 0 Å². The number of rotatable bonds is 3. The number of hydrogen-bond acceptors (Lipinski definition) is 2. The first-order chi connectivity index (χ1) is 5.62. The van der Waals surface area contributed by atoms with E-state index in [-0.39, 0.29) is 5.92 Å². The van der Waals surface area contributed by atoms with Gasteiger partial charge in [0.2, 0.25) is 0 Å². The van der Waals surface area contributed by atoms with Crippen molar-refractivity contribution in [3.05, 3.63) is 0 Å². The molecule has 2 nitrogen and oxygen atoms in total. The van der Waals surface area contributed by atoms with Crippen LogP contribution in [0.25, 0.3) is 0 Å². The molecule has 12 heavy (non-hydrogen) atoms. The van der Waals surface area contributed by atoms with Gasteiger partial charge in [-0.05, 0) is 33.5 Å². The summed E-state index contributed by atoms with van der Waals surface area (Å²) in [4.78, 5) is 2.38. The van der Waals surface area contributed by atoms with Crippen LogP contribution in [0, 0.1) is 17.2 Å². The zero-order chi connectivity index (χ0) is 9.98. The standard InChI is InChI=1S/C6H15N.C4H7N/c1-4-7(5-2)6-3;1-4(2)3-5/h4-6H2,1-3H3;4H,1-2H3. The Morgan fingerprint density at radius 3 is 1.33 bits per heavy atom.